The molecule has 0 aromatic heterocycles. The zero-order valence-electron chi connectivity index (χ0n) is 19.3. The van der Waals surface area contributed by atoms with Gasteiger partial charge >= 0.3 is 5.97 Å². The minimum absolute atomic E-state index is 0.0574. The molecule has 0 unspecified atom stereocenters. The normalized spacial score (nSPS) is 12.5. The van der Waals surface area contributed by atoms with Crippen LogP contribution in [0.25, 0.3) is 0 Å². The van der Waals surface area contributed by atoms with E-state index in [-0.39, 0.29) is 24.2 Å². The Bertz CT molecular complexity index is 1040. The van der Waals surface area contributed by atoms with E-state index in [1.54, 1.807) is 57.5 Å². The van der Waals surface area contributed by atoms with Crippen molar-refractivity contribution in [2.75, 3.05) is 47.2 Å². The highest BCUT2D eigenvalue weighted by Gasteiger charge is 2.24. The van der Waals surface area contributed by atoms with Crippen molar-refractivity contribution in [3.63, 3.8) is 0 Å². The first kappa shape index (κ1) is 24.4. The van der Waals surface area contributed by atoms with E-state index in [2.05, 4.69) is 0 Å². The summed E-state index contributed by atoms with van der Waals surface area (Å²) in [4.78, 5) is 41.1. The molecule has 1 aliphatic heterocycles. The number of fused-ring (bicyclic) bond motifs is 1. The lowest BCUT2D eigenvalue weighted by Gasteiger charge is -2.29. The molecule has 0 spiro atoms. The Morgan fingerprint density at radius 3 is 2.36 bits per heavy atom. The number of benzene rings is 2. The Kier molecular flexibility index (Phi) is 8.21. The number of methoxy groups -OCH3 is 2. The highest BCUT2D eigenvalue weighted by molar-refractivity contribution is 8.00. The van der Waals surface area contributed by atoms with Gasteiger partial charge in [0, 0.05) is 32.1 Å². The molecule has 2 aromatic rings. The summed E-state index contributed by atoms with van der Waals surface area (Å²) < 4.78 is 16.0. The number of nitrogens with zero attached hydrogens (tertiary/aromatic N) is 2. The van der Waals surface area contributed by atoms with Crippen LogP contribution in [0, 0.1) is 0 Å². The zero-order valence-corrected chi connectivity index (χ0v) is 20.1. The molecule has 2 amide bonds. The average Bonchev–Trinajstić information content (AvgIpc) is 2.84. The molecule has 0 fully saturated rings. The van der Waals surface area contributed by atoms with Crippen LogP contribution in [0.5, 0.6) is 11.5 Å². The largest absolute Gasteiger partial charge is 0.493 e. The van der Waals surface area contributed by atoms with E-state index in [1.807, 2.05) is 12.1 Å². The van der Waals surface area contributed by atoms with Crippen LogP contribution in [-0.2, 0) is 27.3 Å². The molecular weight excluding hydrogens is 444 g/mol. The van der Waals surface area contributed by atoms with E-state index in [0.717, 1.165) is 11.1 Å². The van der Waals surface area contributed by atoms with Gasteiger partial charge in [0.05, 0.1) is 25.5 Å². The van der Waals surface area contributed by atoms with Crippen LogP contribution in [0.2, 0.25) is 0 Å². The molecule has 176 valence electrons. The third-order valence-electron chi connectivity index (χ3n) is 5.35. The fourth-order valence-electron chi connectivity index (χ4n) is 3.42. The maximum Gasteiger partial charge on any atom is 0.339 e. The minimum Gasteiger partial charge on any atom is -0.493 e. The van der Waals surface area contributed by atoms with Gasteiger partial charge in [-0.15, -0.1) is 11.8 Å². The molecule has 1 aliphatic rings. The van der Waals surface area contributed by atoms with Gasteiger partial charge in [0.1, 0.15) is 0 Å². The van der Waals surface area contributed by atoms with Crippen molar-refractivity contribution < 1.29 is 28.6 Å². The molecular formula is C24H28N2O6S. The number of esters is 1. The number of amides is 2. The molecule has 0 saturated carbocycles. The van der Waals surface area contributed by atoms with Gasteiger partial charge in [0.2, 0.25) is 5.91 Å². The van der Waals surface area contributed by atoms with Crippen molar-refractivity contribution >= 4 is 29.5 Å². The van der Waals surface area contributed by atoms with Gasteiger partial charge in [-0.3, -0.25) is 9.59 Å². The molecule has 0 bridgehead atoms. The number of thioether (sulfide) groups is 1. The van der Waals surface area contributed by atoms with E-state index in [4.69, 9.17) is 14.2 Å². The van der Waals surface area contributed by atoms with Crippen LogP contribution < -0.4 is 9.47 Å². The Balaban J connectivity index is 1.61. The lowest BCUT2D eigenvalue weighted by atomic mass is 9.99. The molecule has 0 aliphatic carbocycles. The maximum absolute atomic E-state index is 12.7. The number of carbonyl (C=O) groups is 3. The smallest absolute Gasteiger partial charge is 0.339 e. The molecule has 0 atom stereocenters. The van der Waals surface area contributed by atoms with Crippen molar-refractivity contribution in [2.24, 2.45) is 0 Å². The molecule has 0 saturated heterocycles. The number of hydrogen-bond donors (Lipinski definition) is 0. The van der Waals surface area contributed by atoms with Gasteiger partial charge in [-0.2, -0.15) is 0 Å². The number of rotatable bonds is 8. The highest BCUT2D eigenvalue weighted by Crippen LogP contribution is 2.33. The zero-order chi connectivity index (χ0) is 24.0. The topological polar surface area (TPSA) is 85.4 Å². The maximum atomic E-state index is 12.7. The average molecular weight is 473 g/mol. The molecule has 1 heterocycles. The predicted octanol–water partition coefficient (Wildman–Crippen LogP) is 2.63. The Morgan fingerprint density at radius 1 is 1.03 bits per heavy atom. The molecule has 0 N–H and O–H groups in total. The monoisotopic (exact) mass is 472 g/mol. The number of carbonyl (C=O) groups excluding carboxylic acids is 3. The summed E-state index contributed by atoms with van der Waals surface area (Å²) in [5.74, 6) is 0.562. The molecule has 9 heteroatoms. The van der Waals surface area contributed by atoms with Crippen LogP contribution in [0.15, 0.2) is 41.3 Å². The molecule has 3 rings (SSSR count). The summed E-state index contributed by atoms with van der Waals surface area (Å²) in [6.07, 6.45) is 0.675. The van der Waals surface area contributed by atoms with E-state index >= 15 is 0 Å². The minimum atomic E-state index is -0.590. The van der Waals surface area contributed by atoms with Crippen LogP contribution in [0.3, 0.4) is 0 Å². The van der Waals surface area contributed by atoms with Gasteiger partial charge in [0.15, 0.2) is 18.1 Å². The molecule has 0 radical (unpaired) electrons. The standard InChI is InChI=1S/C24H28N2O6S/c1-25(2)23(28)15-33-21-8-6-5-7-18(21)24(29)32-14-22(27)26-10-9-16-11-19(30-3)20(31-4)12-17(16)13-26/h5-8,11-12H,9-10,13-15H2,1-4H3. The van der Waals surface area contributed by atoms with Crippen LogP contribution >= 0.6 is 11.8 Å². The molecule has 8 nitrogen and oxygen atoms in total. The molecule has 2 aromatic carbocycles. The Morgan fingerprint density at radius 2 is 1.70 bits per heavy atom. The van der Waals surface area contributed by atoms with Crippen molar-refractivity contribution in [3.05, 3.63) is 53.1 Å². The highest BCUT2D eigenvalue weighted by atomic mass is 32.2. The summed E-state index contributed by atoms with van der Waals surface area (Å²) in [5.41, 5.74) is 2.42. The first-order valence-electron chi connectivity index (χ1n) is 10.4. The van der Waals surface area contributed by atoms with Gasteiger partial charge in [0.25, 0.3) is 5.91 Å². The van der Waals surface area contributed by atoms with Crippen LogP contribution in [0.1, 0.15) is 21.5 Å². The second kappa shape index (κ2) is 11.1. The summed E-state index contributed by atoms with van der Waals surface area (Å²) in [6, 6.07) is 10.7. The van der Waals surface area contributed by atoms with E-state index in [1.165, 1.54) is 16.7 Å². The van der Waals surface area contributed by atoms with Gasteiger partial charge in [-0.25, -0.2) is 4.79 Å². The summed E-state index contributed by atoms with van der Waals surface area (Å²) in [5, 5.41) is 0. The van der Waals surface area contributed by atoms with Crippen LogP contribution in [0.4, 0.5) is 0 Å². The SMILES string of the molecule is COc1cc2c(cc1OC)CN(C(=O)COC(=O)c1ccccc1SCC(=O)N(C)C)CC2. The summed E-state index contributed by atoms with van der Waals surface area (Å²) in [7, 11) is 6.52. The lowest BCUT2D eigenvalue weighted by molar-refractivity contribution is -0.135. The second-order valence-corrected chi connectivity index (χ2v) is 8.71. The Hall–Kier alpha value is -3.20. The van der Waals surface area contributed by atoms with Gasteiger partial charge in [-0.1, -0.05) is 12.1 Å². The summed E-state index contributed by atoms with van der Waals surface area (Å²) in [6.45, 7) is 0.584. The van der Waals surface area contributed by atoms with Gasteiger partial charge < -0.3 is 24.0 Å². The summed E-state index contributed by atoms with van der Waals surface area (Å²) >= 11 is 1.26. The van der Waals surface area contributed by atoms with Crippen molar-refractivity contribution in [1.82, 2.24) is 9.80 Å². The predicted molar refractivity (Wildman–Crippen MR) is 125 cm³/mol. The first-order chi connectivity index (χ1) is 15.8. The third kappa shape index (κ3) is 5.98. The van der Waals surface area contributed by atoms with Crippen molar-refractivity contribution in [2.45, 2.75) is 17.9 Å². The van der Waals surface area contributed by atoms with E-state index in [0.29, 0.717) is 41.5 Å². The quantitative estimate of drug-likeness (QED) is 0.431. The van der Waals surface area contributed by atoms with E-state index < -0.39 is 5.97 Å². The fraction of sp³-hybridized carbons (Fsp3) is 0.375. The number of hydrogen-bond acceptors (Lipinski definition) is 7. The fourth-order valence-corrected chi connectivity index (χ4v) is 4.44. The second-order valence-electron chi connectivity index (χ2n) is 7.69. The first-order valence-corrected chi connectivity index (χ1v) is 11.4. The van der Waals surface area contributed by atoms with Crippen LogP contribution in [-0.4, -0.2) is 74.8 Å². The Labute approximate surface area is 197 Å². The van der Waals surface area contributed by atoms with Gasteiger partial charge in [-0.05, 0) is 41.8 Å². The molecule has 33 heavy (non-hydrogen) atoms. The lowest BCUT2D eigenvalue weighted by Crippen LogP contribution is -2.38. The third-order valence-corrected chi connectivity index (χ3v) is 6.41. The number of ether oxygens (including phenoxy) is 3. The van der Waals surface area contributed by atoms with E-state index in [9.17, 15) is 14.4 Å². The van der Waals surface area contributed by atoms with Crippen molar-refractivity contribution in [3.8, 4) is 11.5 Å². The van der Waals surface area contributed by atoms with Crippen molar-refractivity contribution in [1.29, 1.82) is 0 Å².